The van der Waals surface area contributed by atoms with Crippen LogP contribution in [0.3, 0.4) is 0 Å². The van der Waals surface area contributed by atoms with Gasteiger partial charge in [0.1, 0.15) is 0 Å². The molecule has 0 fully saturated rings. The molecule has 0 unspecified atom stereocenters. The molecule has 1 aromatic heterocycles. The Balaban J connectivity index is 1.98. The molecule has 0 aliphatic heterocycles. The predicted molar refractivity (Wildman–Crippen MR) is 67.8 cm³/mol. The van der Waals surface area contributed by atoms with Crippen molar-refractivity contribution in [1.29, 1.82) is 0 Å². The van der Waals surface area contributed by atoms with E-state index in [0.717, 1.165) is 11.5 Å². The van der Waals surface area contributed by atoms with Gasteiger partial charge < -0.3 is 15.9 Å². The molecule has 1 amide bonds. The molecule has 19 heavy (non-hydrogen) atoms. The number of nitrogens with one attached hydrogen (secondary N) is 1. The maximum atomic E-state index is 11.7. The minimum atomic E-state index is -0.812. The number of carbonyl (C=O) groups is 1. The number of benzene rings is 1. The molecular formula is C10H11N5O3S. The van der Waals surface area contributed by atoms with Gasteiger partial charge in [-0.3, -0.25) is 10.1 Å². The van der Waals surface area contributed by atoms with Crippen LogP contribution in [-0.4, -0.2) is 37.0 Å². The number of nitrogens with zero attached hydrogens (tertiary/aromatic N) is 3. The van der Waals surface area contributed by atoms with Gasteiger partial charge in [-0.1, -0.05) is 15.7 Å². The molecule has 1 heterocycles. The first-order chi connectivity index (χ1) is 9.06. The lowest BCUT2D eigenvalue weighted by Crippen LogP contribution is -2.37. The minimum absolute atomic E-state index is 0.214. The molecule has 0 aliphatic rings. The van der Waals surface area contributed by atoms with Crippen molar-refractivity contribution in [3.63, 3.8) is 0 Å². The van der Waals surface area contributed by atoms with Crippen molar-refractivity contribution >= 4 is 22.6 Å². The molecule has 2 aromatic rings. The SMILES string of the molecule is N[C@@H](Cc1ccc(O)c(O)c1)C(=O)Nc1nnns1. The van der Waals surface area contributed by atoms with Gasteiger partial charge in [0.15, 0.2) is 11.5 Å². The van der Waals surface area contributed by atoms with Crippen LogP contribution >= 0.6 is 11.5 Å². The van der Waals surface area contributed by atoms with Gasteiger partial charge in [-0.25, -0.2) is 0 Å². The molecule has 100 valence electrons. The molecule has 1 aromatic carbocycles. The fraction of sp³-hybridized carbons (Fsp3) is 0.200. The molecule has 0 saturated carbocycles. The van der Waals surface area contributed by atoms with Gasteiger partial charge >= 0.3 is 0 Å². The van der Waals surface area contributed by atoms with E-state index in [1.807, 2.05) is 0 Å². The van der Waals surface area contributed by atoms with E-state index < -0.39 is 11.9 Å². The number of anilines is 1. The molecule has 0 bridgehead atoms. The fourth-order valence-electron chi connectivity index (χ4n) is 1.42. The van der Waals surface area contributed by atoms with Crippen LogP contribution in [0, 0.1) is 0 Å². The van der Waals surface area contributed by atoms with Gasteiger partial charge in [-0.2, -0.15) is 0 Å². The fourth-order valence-corrected chi connectivity index (χ4v) is 1.79. The van der Waals surface area contributed by atoms with Crippen LogP contribution in [0.2, 0.25) is 0 Å². The van der Waals surface area contributed by atoms with Crippen molar-refractivity contribution in [2.24, 2.45) is 5.73 Å². The van der Waals surface area contributed by atoms with Crippen molar-refractivity contribution in [3.05, 3.63) is 23.8 Å². The van der Waals surface area contributed by atoms with Crippen molar-refractivity contribution in [1.82, 2.24) is 14.8 Å². The lowest BCUT2D eigenvalue weighted by molar-refractivity contribution is -0.117. The molecule has 5 N–H and O–H groups in total. The topological polar surface area (TPSA) is 134 Å². The number of aromatic nitrogens is 3. The Bertz CT molecular complexity index is 575. The number of phenolic OH excluding ortho intramolecular Hbond substituents is 2. The average molecular weight is 281 g/mol. The number of phenols is 2. The van der Waals surface area contributed by atoms with Gasteiger partial charge in [0.2, 0.25) is 11.0 Å². The summed E-state index contributed by atoms with van der Waals surface area (Å²) in [6.07, 6.45) is 0.214. The van der Waals surface area contributed by atoms with Crippen molar-refractivity contribution < 1.29 is 15.0 Å². The Kier molecular flexibility index (Phi) is 3.88. The summed E-state index contributed by atoms with van der Waals surface area (Å²) in [5, 5.41) is 28.2. The van der Waals surface area contributed by atoms with Crippen molar-refractivity contribution in [3.8, 4) is 11.5 Å². The highest BCUT2D eigenvalue weighted by Crippen LogP contribution is 2.25. The Morgan fingerprint density at radius 1 is 1.42 bits per heavy atom. The molecular weight excluding hydrogens is 270 g/mol. The summed E-state index contributed by atoms with van der Waals surface area (Å²) in [5.41, 5.74) is 6.37. The zero-order valence-electron chi connectivity index (χ0n) is 9.65. The Morgan fingerprint density at radius 2 is 2.21 bits per heavy atom. The van der Waals surface area contributed by atoms with Crippen LogP contribution in [0.15, 0.2) is 18.2 Å². The smallest absolute Gasteiger partial charge is 0.243 e. The van der Waals surface area contributed by atoms with E-state index in [9.17, 15) is 15.0 Å². The van der Waals surface area contributed by atoms with E-state index in [4.69, 9.17) is 5.73 Å². The Labute approximate surface area is 112 Å². The number of aromatic hydroxyl groups is 2. The summed E-state index contributed by atoms with van der Waals surface area (Å²) in [4.78, 5) is 11.7. The Hall–Kier alpha value is -2.26. The molecule has 0 spiro atoms. The highest BCUT2D eigenvalue weighted by atomic mass is 32.1. The van der Waals surface area contributed by atoms with E-state index in [1.54, 1.807) is 6.07 Å². The number of rotatable bonds is 4. The quantitative estimate of drug-likeness (QED) is 0.572. The van der Waals surface area contributed by atoms with Gasteiger partial charge in [-0.05, 0) is 29.3 Å². The third kappa shape index (κ3) is 3.36. The van der Waals surface area contributed by atoms with Crippen molar-refractivity contribution in [2.75, 3.05) is 5.32 Å². The summed E-state index contributed by atoms with van der Waals surface area (Å²) in [6.45, 7) is 0. The van der Waals surface area contributed by atoms with Crippen LogP contribution in [0.25, 0.3) is 0 Å². The second-order valence-corrected chi connectivity index (χ2v) is 4.52. The monoisotopic (exact) mass is 281 g/mol. The van der Waals surface area contributed by atoms with E-state index in [2.05, 4.69) is 20.1 Å². The van der Waals surface area contributed by atoms with E-state index in [1.165, 1.54) is 12.1 Å². The highest BCUT2D eigenvalue weighted by Gasteiger charge is 2.16. The van der Waals surface area contributed by atoms with Crippen LogP contribution in [0.4, 0.5) is 5.13 Å². The number of carbonyl (C=O) groups excluding carboxylic acids is 1. The third-order valence-corrected chi connectivity index (χ3v) is 2.87. The zero-order valence-corrected chi connectivity index (χ0v) is 10.5. The molecule has 0 aliphatic carbocycles. The van der Waals surface area contributed by atoms with Crippen LogP contribution in [0.5, 0.6) is 11.5 Å². The maximum absolute atomic E-state index is 11.7. The lowest BCUT2D eigenvalue weighted by atomic mass is 10.1. The van der Waals surface area contributed by atoms with Gasteiger partial charge in [0.25, 0.3) is 0 Å². The molecule has 0 radical (unpaired) electrons. The van der Waals surface area contributed by atoms with E-state index >= 15 is 0 Å². The van der Waals surface area contributed by atoms with Gasteiger partial charge in [0.05, 0.1) is 6.04 Å². The first-order valence-electron chi connectivity index (χ1n) is 5.28. The highest BCUT2D eigenvalue weighted by molar-refractivity contribution is 7.09. The van der Waals surface area contributed by atoms with E-state index in [-0.39, 0.29) is 23.1 Å². The normalized spacial score (nSPS) is 12.1. The second kappa shape index (κ2) is 5.59. The molecule has 9 heteroatoms. The van der Waals surface area contributed by atoms with Crippen LogP contribution < -0.4 is 11.1 Å². The van der Waals surface area contributed by atoms with Crippen molar-refractivity contribution in [2.45, 2.75) is 12.5 Å². The summed E-state index contributed by atoms with van der Waals surface area (Å²) in [5.74, 6) is -0.897. The summed E-state index contributed by atoms with van der Waals surface area (Å²) >= 11 is 0.947. The maximum Gasteiger partial charge on any atom is 0.243 e. The van der Waals surface area contributed by atoms with Gasteiger partial charge in [0, 0.05) is 11.5 Å². The standard InChI is InChI=1S/C10H11N5O3S/c11-6(9(18)12-10-13-14-15-19-10)3-5-1-2-7(16)8(17)4-5/h1-2,4,6,16-17H,3,11H2,(H,12,13,15,18)/t6-/m0/s1. The Morgan fingerprint density at radius 3 is 2.84 bits per heavy atom. The molecule has 2 rings (SSSR count). The number of amides is 1. The van der Waals surface area contributed by atoms with Crippen LogP contribution in [-0.2, 0) is 11.2 Å². The van der Waals surface area contributed by atoms with E-state index in [0.29, 0.717) is 5.56 Å². The van der Waals surface area contributed by atoms with Crippen LogP contribution in [0.1, 0.15) is 5.56 Å². The molecule has 0 saturated heterocycles. The number of hydrogen-bond donors (Lipinski definition) is 4. The average Bonchev–Trinajstić information content (AvgIpc) is 2.86. The first-order valence-corrected chi connectivity index (χ1v) is 6.06. The minimum Gasteiger partial charge on any atom is -0.504 e. The first kappa shape index (κ1) is 13.2. The summed E-state index contributed by atoms with van der Waals surface area (Å²) < 4.78 is 3.50. The number of hydrogen-bond acceptors (Lipinski definition) is 8. The van der Waals surface area contributed by atoms with Gasteiger partial charge in [-0.15, -0.1) is 0 Å². The predicted octanol–water partition coefficient (Wildman–Crippen LogP) is -0.147. The second-order valence-electron chi connectivity index (χ2n) is 3.79. The number of nitrogens with two attached hydrogens (primary N) is 1. The zero-order chi connectivity index (χ0) is 13.8. The largest absolute Gasteiger partial charge is 0.504 e. The summed E-state index contributed by atoms with van der Waals surface area (Å²) in [6, 6.07) is 3.46. The third-order valence-electron chi connectivity index (χ3n) is 2.36. The lowest BCUT2D eigenvalue weighted by Gasteiger charge is -2.10. The summed E-state index contributed by atoms with van der Waals surface area (Å²) in [7, 11) is 0. The molecule has 8 nitrogen and oxygen atoms in total. The molecule has 1 atom stereocenters.